The van der Waals surface area contributed by atoms with E-state index in [0.29, 0.717) is 22.1 Å². The van der Waals surface area contributed by atoms with Crippen LogP contribution in [0, 0.1) is 0 Å². The number of benzene rings is 1. The monoisotopic (exact) mass is 318 g/mol. The molecular weight excluding hydrogens is 299 g/mol. The Hall–Kier alpha value is 0.0700. The van der Waals surface area contributed by atoms with E-state index < -0.39 is 0 Å². The van der Waals surface area contributed by atoms with Crippen molar-refractivity contribution in [3.8, 4) is 0 Å². The first-order chi connectivity index (χ1) is 9.01. The molecule has 3 unspecified atom stereocenters. The summed E-state index contributed by atoms with van der Waals surface area (Å²) < 4.78 is 0. The zero-order chi connectivity index (χ0) is 14.0. The number of thioether (sulfide) groups is 1. The molecule has 1 fully saturated rings. The number of hydrogen-bond acceptors (Lipinski definition) is 3. The van der Waals surface area contributed by atoms with E-state index in [1.165, 1.54) is 0 Å². The van der Waals surface area contributed by atoms with Crippen LogP contribution >= 0.6 is 35.0 Å². The fourth-order valence-electron chi connectivity index (χ4n) is 2.71. The first-order valence-corrected chi connectivity index (χ1v) is 8.25. The second-order valence-electron chi connectivity index (χ2n) is 5.13. The standard InChI is InChI=1S/C14H20Cl2N2S/c1-9-7-18(8-10(2)19-9)14(6-17)12-5-11(15)3-4-13(12)16/h3-5,9-10,14H,6-8,17H2,1-2H3. The molecule has 3 atom stereocenters. The Morgan fingerprint density at radius 1 is 1.32 bits per heavy atom. The highest BCUT2D eigenvalue weighted by molar-refractivity contribution is 8.00. The minimum absolute atomic E-state index is 0.150. The first-order valence-electron chi connectivity index (χ1n) is 6.55. The SMILES string of the molecule is CC1CN(C(CN)c2cc(Cl)ccc2Cl)CC(C)S1. The first kappa shape index (κ1) is 15.5. The van der Waals surface area contributed by atoms with Crippen molar-refractivity contribution in [3.05, 3.63) is 33.8 Å². The topological polar surface area (TPSA) is 29.3 Å². The molecule has 0 radical (unpaired) electrons. The molecule has 2 nitrogen and oxygen atoms in total. The lowest BCUT2D eigenvalue weighted by Gasteiger charge is -2.39. The van der Waals surface area contributed by atoms with Gasteiger partial charge in [-0.2, -0.15) is 11.8 Å². The highest BCUT2D eigenvalue weighted by Crippen LogP contribution is 2.34. The molecule has 0 aromatic heterocycles. The fourth-order valence-corrected chi connectivity index (χ4v) is 4.49. The smallest absolute Gasteiger partial charge is 0.0486 e. The van der Waals surface area contributed by atoms with Gasteiger partial charge in [-0.1, -0.05) is 37.0 Å². The summed E-state index contributed by atoms with van der Waals surface area (Å²) in [5.41, 5.74) is 7.04. The third kappa shape index (κ3) is 3.79. The highest BCUT2D eigenvalue weighted by Gasteiger charge is 2.29. The maximum Gasteiger partial charge on any atom is 0.0486 e. The minimum atomic E-state index is 0.150. The van der Waals surface area contributed by atoms with Gasteiger partial charge in [0.25, 0.3) is 0 Å². The Labute approximate surface area is 129 Å². The molecule has 1 aromatic carbocycles. The van der Waals surface area contributed by atoms with Crippen LogP contribution < -0.4 is 5.73 Å². The normalized spacial score (nSPS) is 26.4. The fraction of sp³-hybridized carbons (Fsp3) is 0.571. The molecule has 1 aliphatic heterocycles. The molecule has 0 bridgehead atoms. The Bertz CT molecular complexity index is 431. The largest absolute Gasteiger partial charge is 0.329 e. The van der Waals surface area contributed by atoms with Crippen LogP contribution in [0.3, 0.4) is 0 Å². The number of nitrogens with zero attached hydrogens (tertiary/aromatic N) is 1. The predicted octanol–water partition coefficient (Wildman–Crippen LogP) is 3.82. The maximum absolute atomic E-state index is 6.32. The van der Waals surface area contributed by atoms with Crippen LogP contribution in [0.25, 0.3) is 0 Å². The lowest BCUT2D eigenvalue weighted by Crippen LogP contribution is -2.44. The van der Waals surface area contributed by atoms with E-state index in [1.54, 1.807) is 0 Å². The van der Waals surface area contributed by atoms with E-state index in [9.17, 15) is 0 Å². The third-order valence-corrected chi connectivity index (χ3v) is 5.24. The summed E-state index contributed by atoms with van der Waals surface area (Å²) in [7, 11) is 0. The van der Waals surface area contributed by atoms with Crippen molar-refractivity contribution in [2.75, 3.05) is 19.6 Å². The van der Waals surface area contributed by atoms with Crippen molar-refractivity contribution in [2.24, 2.45) is 5.73 Å². The second-order valence-corrected chi connectivity index (χ2v) is 7.85. The van der Waals surface area contributed by atoms with Gasteiger partial charge >= 0.3 is 0 Å². The van der Waals surface area contributed by atoms with Gasteiger partial charge in [0.1, 0.15) is 0 Å². The van der Waals surface area contributed by atoms with Crippen LogP contribution in [-0.4, -0.2) is 35.0 Å². The molecule has 0 spiro atoms. The van der Waals surface area contributed by atoms with Crippen LogP contribution in [0.2, 0.25) is 10.0 Å². The number of hydrogen-bond donors (Lipinski definition) is 1. The van der Waals surface area contributed by atoms with Crippen molar-refractivity contribution in [1.29, 1.82) is 0 Å². The average molecular weight is 319 g/mol. The molecule has 0 amide bonds. The van der Waals surface area contributed by atoms with Gasteiger partial charge in [-0.05, 0) is 23.8 Å². The maximum atomic E-state index is 6.32. The van der Waals surface area contributed by atoms with E-state index in [0.717, 1.165) is 23.7 Å². The van der Waals surface area contributed by atoms with Crippen LogP contribution in [0.1, 0.15) is 25.5 Å². The molecule has 1 aliphatic rings. The lowest BCUT2D eigenvalue weighted by molar-refractivity contribution is 0.199. The number of nitrogens with two attached hydrogens (primary N) is 1. The van der Waals surface area contributed by atoms with Gasteiger partial charge in [0.2, 0.25) is 0 Å². The summed E-state index contributed by atoms with van der Waals surface area (Å²) in [6.07, 6.45) is 0. The van der Waals surface area contributed by atoms with E-state index in [4.69, 9.17) is 28.9 Å². The van der Waals surface area contributed by atoms with Crippen molar-refractivity contribution >= 4 is 35.0 Å². The molecule has 106 valence electrons. The van der Waals surface area contributed by atoms with Gasteiger partial charge in [-0.25, -0.2) is 0 Å². The van der Waals surface area contributed by atoms with E-state index in [-0.39, 0.29) is 6.04 Å². The predicted molar refractivity (Wildman–Crippen MR) is 86.3 cm³/mol. The number of rotatable bonds is 3. The molecule has 2 N–H and O–H groups in total. The highest BCUT2D eigenvalue weighted by atomic mass is 35.5. The lowest BCUT2D eigenvalue weighted by atomic mass is 10.0. The van der Waals surface area contributed by atoms with Crippen molar-refractivity contribution in [2.45, 2.75) is 30.4 Å². The van der Waals surface area contributed by atoms with Gasteiger partial charge in [0.05, 0.1) is 0 Å². The van der Waals surface area contributed by atoms with Crippen LogP contribution in [0.5, 0.6) is 0 Å². The Morgan fingerprint density at radius 3 is 2.53 bits per heavy atom. The van der Waals surface area contributed by atoms with Gasteiger partial charge in [0, 0.05) is 46.2 Å². The zero-order valence-corrected chi connectivity index (χ0v) is 13.6. The van der Waals surface area contributed by atoms with E-state index >= 15 is 0 Å². The molecule has 1 saturated heterocycles. The van der Waals surface area contributed by atoms with E-state index in [2.05, 4.69) is 18.7 Å². The molecule has 0 aliphatic carbocycles. The molecule has 1 heterocycles. The summed E-state index contributed by atoms with van der Waals surface area (Å²) in [6, 6.07) is 5.77. The zero-order valence-electron chi connectivity index (χ0n) is 11.3. The molecule has 5 heteroatoms. The van der Waals surface area contributed by atoms with E-state index in [1.807, 2.05) is 30.0 Å². The Balaban J connectivity index is 2.26. The molecule has 1 aromatic rings. The third-order valence-electron chi connectivity index (χ3n) is 3.43. The van der Waals surface area contributed by atoms with Gasteiger partial charge in [0.15, 0.2) is 0 Å². The van der Waals surface area contributed by atoms with Crippen molar-refractivity contribution in [3.63, 3.8) is 0 Å². The minimum Gasteiger partial charge on any atom is -0.329 e. The van der Waals surface area contributed by atoms with Crippen molar-refractivity contribution in [1.82, 2.24) is 4.90 Å². The van der Waals surface area contributed by atoms with Crippen LogP contribution in [0.15, 0.2) is 18.2 Å². The summed E-state index contributed by atoms with van der Waals surface area (Å²) in [5.74, 6) is 0. The summed E-state index contributed by atoms with van der Waals surface area (Å²) in [5, 5.41) is 2.70. The van der Waals surface area contributed by atoms with Crippen LogP contribution in [0.4, 0.5) is 0 Å². The molecule has 2 rings (SSSR count). The Kier molecular flexibility index (Phi) is 5.44. The average Bonchev–Trinajstić information content (AvgIpc) is 2.33. The summed E-state index contributed by atoms with van der Waals surface area (Å²) in [4.78, 5) is 2.43. The van der Waals surface area contributed by atoms with Gasteiger partial charge in [-0.3, -0.25) is 4.90 Å². The second kappa shape index (κ2) is 6.68. The molecular formula is C14H20Cl2N2S. The van der Waals surface area contributed by atoms with Crippen molar-refractivity contribution < 1.29 is 0 Å². The van der Waals surface area contributed by atoms with Crippen LogP contribution in [-0.2, 0) is 0 Å². The summed E-state index contributed by atoms with van der Waals surface area (Å²) >= 11 is 14.4. The summed E-state index contributed by atoms with van der Waals surface area (Å²) in [6.45, 7) is 7.17. The molecule has 0 saturated carbocycles. The number of halogens is 2. The quantitative estimate of drug-likeness (QED) is 0.918. The van der Waals surface area contributed by atoms with Gasteiger partial charge < -0.3 is 5.73 Å². The molecule has 19 heavy (non-hydrogen) atoms. The van der Waals surface area contributed by atoms with Gasteiger partial charge in [-0.15, -0.1) is 0 Å². The Morgan fingerprint density at radius 2 is 1.95 bits per heavy atom.